The molecule has 0 saturated carbocycles. The van der Waals surface area contributed by atoms with E-state index >= 15 is 0 Å². The Morgan fingerprint density at radius 1 is 1.03 bits per heavy atom. The minimum absolute atomic E-state index is 0.135. The molecule has 174 valence electrons. The molecule has 0 radical (unpaired) electrons. The number of amides is 1. The number of hydrogen-bond donors (Lipinski definition) is 0. The maximum atomic E-state index is 12.8. The van der Waals surface area contributed by atoms with E-state index in [2.05, 4.69) is 10.2 Å². The average molecular weight is 487 g/mol. The number of ether oxygens (including phenoxy) is 2. The van der Waals surface area contributed by atoms with Crippen LogP contribution in [-0.4, -0.2) is 50.5 Å². The van der Waals surface area contributed by atoms with Crippen molar-refractivity contribution >= 4 is 29.3 Å². The summed E-state index contributed by atoms with van der Waals surface area (Å²) in [5.41, 5.74) is 0.859. The molecular formula is C24H27ClN4O3S. The first-order valence-electron chi connectivity index (χ1n) is 11.1. The van der Waals surface area contributed by atoms with Gasteiger partial charge in [0.2, 0.25) is 5.91 Å². The van der Waals surface area contributed by atoms with E-state index in [0.717, 1.165) is 37.4 Å². The van der Waals surface area contributed by atoms with Crippen molar-refractivity contribution in [3.63, 3.8) is 0 Å². The smallest absolute Gasteiger partial charge is 0.235 e. The van der Waals surface area contributed by atoms with E-state index < -0.39 is 0 Å². The summed E-state index contributed by atoms with van der Waals surface area (Å²) in [6, 6.07) is 14.9. The lowest BCUT2D eigenvalue weighted by Gasteiger charge is -2.20. The summed E-state index contributed by atoms with van der Waals surface area (Å²) in [6.45, 7) is 6.36. The quantitative estimate of drug-likeness (QED) is 0.396. The van der Waals surface area contributed by atoms with Crippen LogP contribution in [0.3, 0.4) is 0 Å². The fourth-order valence-electron chi connectivity index (χ4n) is 3.67. The lowest BCUT2D eigenvalue weighted by atomic mass is 10.3. The highest BCUT2D eigenvalue weighted by atomic mass is 35.5. The topological polar surface area (TPSA) is 69.5 Å². The van der Waals surface area contributed by atoms with Crippen LogP contribution in [0, 0.1) is 0 Å². The molecule has 2 heterocycles. The number of thioether (sulfide) groups is 1. The van der Waals surface area contributed by atoms with Crippen LogP contribution >= 0.6 is 23.4 Å². The Morgan fingerprint density at radius 3 is 2.30 bits per heavy atom. The molecule has 4 rings (SSSR count). The van der Waals surface area contributed by atoms with Gasteiger partial charge in [-0.05, 0) is 75.2 Å². The predicted octanol–water partition coefficient (Wildman–Crippen LogP) is 5.00. The Hall–Kier alpha value is -2.71. The molecule has 0 aliphatic carbocycles. The minimum atomic E-state index is -0.266. The highest BCUT2D eigenvalue weighted by Gasteiger charge is 2.26. The third kappa shape index (κ3) is 5.81. The molecule has 0 bridgehead atoms. The van der Waals surface area contributed by atoms with Crippen molar-refractivity contribution < 1.29 is 14.3 Å². The molecule has 1 unspecified atom stereocenters. The van der Waals surface area contributed by atoms with Crippen LogP contribution in [0.1, 0.15) is 32.5 Å². The average Bonchev–Trinajstić information content (AvgIpc) is 3.49. The SMILES string of the molecule is CCOc1ccc(OCc2nnc(SC(C)C(=O)N3CCCC3)n2-c2ccc(Cl)cc2)cc1. The number of likely N-dealkylation sites (tertiary alicyclic amines) is 1. The van der Waals surface area contributed by atoms with Crippen LogP contribution in [-0.2, 0) is 11.4 Å². The van der Waals surface area contributed by atoms with Gasteiger partial charge in [-0.25, -0.2) is 0 Å². The molecule has 0 spiro atoms. The van der Waals surface area contributed by atoms with E-state index in [-0.39, 0.29) is 17.8 Å². The Labute approximate surface area is 203 Å². The van der Waals surface area contributed by atoms with Crippen molar-refractivity contribution in [2.75, 3.05) is 19.7 Å². The van der Waals surface area contributed by atoms with E-state index in [1.807, 2.05) is 71.8 Å². The maximum Gasteiger partial charge on any atom is 0.235 e. The van der Waals surface area contributed by atoms with Gasteiger partial charge in [0.15, 0.2) is 11.0 Å². The molecule has 9 heteroatoms. The number of aromatic nitrogens is 3. The second-order valence-electron chi connectivity index (χ2n) is 7.70. The van der Waals surface area contributed by atoms with Gasteiger partial charge >= 0.3 is 0 Å². The van der Waals surface area contributed by atoms with Crippen LogP contribution in [0.25, 0.3) is 5.69 Å². The van der Waals surface area contributed by atoms with Crippen LogP contribution in [0.4, 0.5) is 0 Å². The zero-order chi connectivity index (χ0) is 23.2. The number of rotatable bonds is 9. The molecule has 2 aromatic carbocycles. The van der Waals surface area contributed by atoms with Gasteiger partial charge in [-0.2, -0.15) is 0 Å². The minimum Gasteiger partial charge on any atom is -0.494 e. The maximum absolute atomic E-state index is 12.8. The molecule has 3 aromatic rings. The number of benzene rings is 2. The third-order valence-corrected chi connectivity index (χ3v) is 6.62. The van der Waals surface area contributed by atoms with Crippen molar-refractivity contribution in [3.05, 3.63) is 59.4 Å². The van der Waals surface area contributed by atoms with Crippen molar-refractivity contribution in [2.24, 2.45) is 0 Å². The molecule has 1 amide bonds. The Kier molecular flexibility index (Phi) is 7.77. The molecule has 1 aliphatic heterocycles. The monoisotopic (exact) mass is 486 g/mol. The standard InChI is InChI=1S/C24H27ClN4O3S/c1-3-31-20-10-12-21(13-11-20)32-16-22-26-27-24(29(22)19-8-6-18(25)7-9-19)33-17(2)23(30)28-14-4-5-15-28/h6-13,17H,3-5,14-16H2,1-2H3. The molecule has 33 heavy (non-hydrogen) atoms. The molecule has 7 nitrogen and oxygen atoms in total. The van der Waals surface area contributed by atoms with E-state index in [0.29, 0.717) is 28.4 Å². The molecule has 0 N–H and O–H groups in total. The van der Waals surface area contributed by atoms with Gasteiger partial charge in [0, 0.05) is 23.8 Å². The number of halogens is 1. The second-order valence-corrected chi connectivity index (χ2v) is 9.44. The summed E-state index contributed by atoms with van der Waals surface area (Å²) in [5.74, 6) is 2.27. The van der Waals surface area contributed by atoms with Gasteiger partial charge in [0.1, 0.15) is 18.1 Å². The van der Waals surface area contributed by atoms with E-state index in [9.17, 15) is 4.79 Å². The first-order valence-corrected chi connectivity index (χ1v) is 12.3. The zero-order valence-corrected chi connectivity index (χ0v) is 20.3. The van der Waals surface area contributed by atoms with Crippen LogP contribution in [0.2, 0.25) is 5.02 Å². The summed E-state index contributed by atoms with van der Waals surface area (Å²) in [7, 11) is 0. The number of carbonyl (C=O) groups is 1. The van der Waals surface area contributed by atoms with Gasteiger partial charge in [-0.15, -0.1) is 10.2 Å². The van der Waals surface area contributed by atoms with Crippen LogP contribution in [0.5, 0.6) is 11.5 Å². The highest BCUT2D eigenvalue weighted by molar-refractivity contribution is 8.00. The van der Waals surface area contributed by atoms with Crippen molar-refractivity contribution in [1.29, 1.82) is 0 Å². The molecule has 1 fully saturated rings. The summed E-state index contributed by atoms with van der Waals surface area (Å²) in [5, 5.41) is 9.78. The van der Waals surface area contributed by atoms with Gasteiger partial charge in [-0.3, -0.25) is 9.36 Å². The van der Waals surface area contributed by atoms with Crippen LogP contribution in [0.15, 0.2) is 53.7 Å². The largest absolute Gasteiger partial charge is 0.494 e. The van der Waals surface area contributed by atoms with E-state index in [1.165, 1.54) is 11.8 Å². The normalized spacial score (nSPS) is 14.3. The van der Waals surface area contributed by atoms with Crippen molar-refractivity contribution in [3.8, 4) is 17.2 Å². The Balaban J connectivity index is 1.54. The predicted molar refractivity (Wildman–Crippen MR) is 129 cm³/mol. The number of nitrogens with zero attached hydrogens (tertiary/aromatic N) is 4. The summed E-state index contributed by atoms with van der Waals surface area (Å²) in [6.07, 6.45) is 2.13. The fourth-order valence-corrected chi connectivity index (χ4v) is 4.77. The highest BCUT2D eigenvalue weighted by Crippen LogP contribution is 2.29. The van der Waals surface area contributed by atoms with Gasteiger partial charge in [0.05, 0.1) is 11.9 Å². The molecular weight excluding hydrogens is 460 g/mol. The van der Waals surface area contributed by atoms with E-state index in [1.54, 1.807) is 0 Å². The van der Waals surface area contributed by atoms with Crippen molar-refractivity contribution in [2.45, 2.75) is 43.7 Å². The lowest BCUT2D eigenvalue weighted by Crippen LogP contribution is -2.34. The Morgan fingerprint density at radius 2 is 1.67 bits per heavy atom. The van der Waals surface area contributed by atoms with Gasteiger partial charge < -0.3 is 14.4 Å². The number of hydrogen-bond acceptors (Lipinski definition) is 6. The zero-order valence-electron chi connectivity index (χ0n) is 18.7. The van der Waals surface area contributed by atoms with Crippen LogP contribution < -0.4 is 9.47 Å². The summed E-state index contributed by atoms with van der Waals surface area (Å²) in [4.78, 5) is 14.8. The van der Waals surface area contributed by atoms with E-state index in [4.69, 9.17) is 21.1 Å². The molecule has 1 aliphatic rings. The fraction of sp³-hybridized carbons (Fsp3) is 0.375. The number of carbonyl (C=O) groups excluding carboxylic acids is 1. The summed E-state index contributed by atoms with van der Waals surface area (Å²) >= 11 is 7.50. The molecule has 1 aromatic heterocycles. The summed E-state index contributed by atoms with van der Waals surface area (Å²) < 4.78 is 13.4. The second kappa shape index (κ2) is 10.9. The molecule has 1 atom stereocenters. The van der Waals surface area contributed by atoms with Crippen molar-refractivity contribution in [1.82, 2.24) is 19.7 Å². The van der Waals surface area contributed by atoms with Gasteiger partial charge in [0.25, 0.3) is 0 Å². The first-order chi connectivity index (χ1) is 16.0. The third-order valence-electron chi connectivity index (χ3n) is 5.34. The Bertz CT molecular complexity index is 1070. The molecule has 1 saturated heterocycles. The first kappa shape index (κ1) is 23.4. The lowest BCUT2D eigenvalue weighted by molar-refractivity contribution is -0.129. The van der Waals surface area contributed by atoms with Gasteiger partial charge in [-0.1, -0.05) is 23.4 Å².